The Morgan fingerprint density at radius 2 is 1.62 bits per heavy atom. The van der Waals surface area contributed by atoms with Gasteiger partial charge in [0.25, 0.3) is 5.91 Å². The number of benzene rings is 2. The van der Waals surface area contributed by atoms with E-state index in [1.54, 1.807) is 24.3 Å². The van der Waals surface area contributed by atoms with Crippen LogP contribution in [0.4, 0.5) is 11.4 Å². The van der Waals surface area contributed by atoms with E-state index in [0.717, 1.165) is 30.4 Å². The van der Waals surface area contributed by atoms with Crippen LogP contribution in [0.15, 0.2) is 42.5 Å². The average molecular weight is 390 g/mol. The minimum absolute atomic E-state index is 0.168. The summed E-state index contributed by atoms with van der Waals surface area (Å²) in [4.78, 5) is 40.4. The highest BCUT2D eigenvalue weighted by molar-refractivity contribution is 6.24. The number of nitrogens with zero attached hydrogens (tertiary/aromatic N) is 1. The van der Waals surface area contributed by atoms with Crippen LogP contribution in [0.5, 0.6) is 0 Å². The van der Waals surface area contributed by atoms with E-state index in [4.69, 9.17) is 0 Å². The van der Waals surface area contributed by atoms with Crippen molar-refractivity contribution >= 4 is 29.1 Å². The second-order valence-corrected chi connectivity index (χ2v) is 8.49. The molecule has 0 radical (unpaired) electrons. The molecule has 3 atom stereocenters. The Bertz CT molecular complexity index is 977. The molecule has 1 aliphatic carbocycles. The first-order valence-electron chi connectivity index (χ1n) is 10.2. The fourth-order valence-electron chi connectivity index (χ4n) is 4.73. The summed E-state index contributed by atoms with van der Waals surface area (Å²) in [5.74, 6) is -0.738. The molecule has 0 unspecified atom stereocenters. The summed E-state index contributed by atoms with van der Waals surface area (Å²) in [5, 5.41) is 2.92. The number of nitrogens with one attached hydrogen (secondary N) is 1. The third-order valence-electron chi connectivity index (χ3n) is 6.06. The normalized spacial score (nSPS) is 23.8. The monoisotopic (exact) mass is 390 g/mol. The Balaban J connectivity index is 1.65. The summed E-state index contributed by atoms with van der Waals surface area (Å²) < 4.78 is 0. The number of rotatable bonds is 3. The zero-order valence-electron chi connectivity index (χ0n) is 17.1. The van der Waals surface area contributed by atoms with Crippen LogP contribution >= 0.6 is 0 Å². The Labute approximate surface area is 171 Å². The first kappa shape index (κ1) is 19.4. The number of hydrogen-bond donors (Lipinski definition) is 1. The van der Waals surface area contributed by atoms with Crippen molar-refractivity contribution in [3.63, 3.8) is 0 Å². The van der Waals surface area contributed by atoms with Gasteiger partial charge in [-0.1, -0.05) is 25.1 Å². The van der Waals surface area contributed by atoms with E-state index in [1.807, 2.05) is 32.0 Å². The molecule has 29 heavy (non-hydrogen) atoms. The highest BCUT2D eigenvalue weighted by Gasteiger charge is 2.50. The Morgan fingerprint density at radius 1 is 0.966 bits per heavy atom. The number of carbonyl (C=O) groups excluding carboxylic acids is 3. The van der Waals surface area contributed by atoms with Crippen LogP contribution in [-0.2, 0) is 9.59 Å². The van der Waals surface area contributed by atoms with Crippen molar-refractivity contribution in [1.82, 2.24) is 0 Å². The minimum Gasteiger partial charge on any atom is -0.322 e. The van der Waals surface area contributed by atoms with E-state index < -0.39 is 0 Å². The number of amides is 3. The highest BCUT2D eigenvalue weighted by Crippen LogP contribution is 2.42. The van der Waals surface area contributed by atoms with Crippen LogP contribution < -0.4 is 10.2 Å². The molecule has 1 saturated heterocycles. The Kier molecular flexibility index (Phi) is 4.99. The number of imide groups is 1. The third kappa shape index (κ3) is 3.57. The van der Waals surface area contributed by atoms with Gasteiger partial charge in [0.2, 0.25) is 11.8 Å². The quantitative estimate of drug-likeness (QED) is 0.786. The van der Waals surface area contributed by atoms with Gasteiger partial charge in [-0.15, -0.1) is 0 Å². The lowest BCUT2D eigenvalue weighted by molar-refractivity contribution is -0.122. The van der Waals surface area contributed by atoms with E-state index in [9.17, 15) is 14.4 Å². The van der Waals surface area contributed by atoms with E-state index in [2.05, 4.69) is 12.2 Å². The van der Waals surface area contributed by atoms with Crippen molar-refractivity contribution in [2.24, 2.45) is 17.8 Å². The minimum atomic E-state index is -0.325. The molecule has 0 aromatic heterocycles. The number of carbonyl (C=O) groups is 3. The summed E-state index contributed by atoms with van der Waals surface area (Å²) in [6, 6.07) is 12.7. The average Bonchev–Trinajstić information content (AvgIpc) is 2.91. The first-order chi connectivity index (χ1) is 13.8. The standard InChI is InChI=1S/C24H26N2O3/c1-14-8-9-18-20(13-14)24(29)26(23(18)28)21-7-5-4-6-19(21)22(27)25-17-11-15(2)10-16(3)12-17/h4-7,10-12,14,18,20H,8-9,13H2,1-3H3,(H,25,27)/t14-,18+,20-/m1/s1. The van der Waals surface area contributed by atoms with E-state index in [1.165, 1.54) is 4.90 Å². The number of aryl methyl sites for hydroxylation is 2. The lowest BCUT2D eigenvalue weighted by Crippen LogP contribution is -2.33. The maximum Gasteiger partial charge on any atom is 0.257 e. The molecule has 5 heteroatoms. The summed E-state index contributed by atoms with van der Waals surface area (Å²) in [6.45, 7) is 6.07. The predicted octanol–water partition coefficient (Wildman–Crippen LogP) is 4.48. The lowest BCUT2D eigenvalue weighted by Gasteiger charge is -2.25. The lowest BCUT2D eigenvalue weighted by atomic mass is 9.76. The fraction of sp³-hybridized carbons (Fsp3) is 0.375. The van der Waals surface area contributed by atoms with Crippen LogP contribution in [-0.4, -0.2) is 17.7 Å². The molecule has 2 aliphatic rings. The molecule has 1 saturated carbocycles. The maximum atomic E-state index is 13.1. The van der Waals surface area contributed by atoms with E-state index >= 15 is 0 Å². The number of anilines is 2. The van der Waals surface area contributed by atoms with Crippen LogP contribution in [0.2, 0.25) is 0 Å². The Morgan fingerprint density at radius 3 is 2.34 bits per heavy atom. The zero-order valence-corrected chi connectivity index (χ0v) is 17.1. The number of fused-ring (bicyclic) bond motifs is 1. The van der Waals surface area contributed by atoms with Gasteiger partial charge in [0.05, 0.1) is 23.1 Å². The van der Waals surface area contributed by atoms with Crippen molar-refractivity contribution in [1.29, 1.82) is 0 Å². The van der Waals surface area contributed by atoms with Gasteiger partial charge < -0.3 is 5.32 Å². The van der Waals surface area contributed by atoms with Crippen LogP contribution in [0.1, 0.15) is 47.7 Å². The summed E-state index contributed by atoms with van der Waals surface area (Å²) in [6.07, 6.45) is 2.44. The zero-order chi connectivity index (χ0) is 20.7. The third-order valence-corrected chi connectivity index (χ3v) is 6.06. The van der Waals surface area contributed by atoms with Gasteiger partial charge in [-0.05, 0) is 74.4 Å². The van der Waals surface area contributed by atoms with Crippen LogP contribution in [0, 0.1) is 31.6 Å². The second-order valence-electron chi connectivity index (χ2n) is 8.49. The SMILES string of the molecule is Cc1cc(C)cc(NC(=O)c2ccccc2N2C(=O)[C@H]3CC[C@@H](C)C[C@H]3C2=O)c1. The smallest absolute Gasteiger partial charge is 0.257 e. The van der Waals surface area contributed by atoms with Crippen molar-refractivity contribution in [3.8, 4) is 0 Å². The number of hydrogen-bond acceptors (Lipinski definition) is 3. The molecule has 0 bridgehead atoms. The molecule has 2 fully saturated rings. The molecule has 5 nitrogen and oxygen atoms in total. The van der Waals surface area contributed by atoms with Gasteiger partial charge in [-0.3, -0.25) is 14.4 Å². The van der Waals surface area contributed by atoms with E-state index in [-0.39, 0.29) is 29.6 Å². The molecule has 0 spiro atoms. The topological polar surface area (TPSA) is 66.5 Å². The van der Waals surface area contributed by atoms with Gasteiger partial charge in [0.15, 0.2) is 0 Å². The van der Waals surface area contributed by atoms with Gasteiger partial charge in [-0.2, -0.15) is 0 Å². The largest absolute Gasteiger partial charge is 0.322 e. The molecule has 1 N–H and O–H groups in total. The summed E-state index contributed by atoms with van der Waals surface area (Å²) in [7, 11) is 0. The molecule has 1 heterocycles. The van der Waals surface area contributed by atoms with Gasteiger partial charge in [0.1, 0.15) is 0 Å². The number of para-hydroxylation sites is 1. The second kappa shape index (κ2) is 7.47. The van der Waals surface area contributed by atoms with Crippen LogP contribution in [0.25, 0.3) is 0 Å². The molecular formula is C24H26N2O3. The molecule has 4 rings (SSSR count). The van der Waals surface area contributed by atoms with Crippen LogP contribution in [0.3, 0.4) is 0 Å². The molecule has 150 valence electrons. The van der Waals surface area contributed by atoms with Crippen molar-refractivity contribution in [2.75, 3.05) is 10.2 Å². The molecule has 2 aromatic carbocycles. The maximum absolute atomic E-state index is 13.1. The van der Waals surface area contributed by atoms with Crippen molar-refractivity contribution < 1.29 is 14.4 Å². The first-order valence-corrected chi connectivity index (χ1v) is 10.2. The van der Waals surface area contributed by atoms with Gasteiger partial charge >= 0.3 is 0 Å². The van der Waals surface area contributed by atoms with Gasteiger partial charge in [-0.25, -0.2) is 4.90 Å². The summed E-state index contributed by atoms with van der Waals surface area (Å²) in [5.41, 5.74) is 3.52. The summed E-state index contributed by atoms with van der Waals surface area (Å²) >= 11 is 0. The molecule has 2 aromatic rings. The van der Waals surface area contributed by atoms with Crippen molar-refractivity contribution in [2.45, 2.75) is 40.0 Å². The van der Waals surface area contributed by atoms with Gasteiger partial charge in [0, 0.05) is 5.69 Å². The molecular weight excluding hydrogens is 364 g/mol. The molecule has 1 aliphatic heterocycles. The Hall–Kier alpha value is -2.95. The van der Waals surface area contributed by atoms with Crippen molar-refractivity contribution in [3.05, 3.63) is 59.2 Å². The fourth-order valence-corrected chi connectivity index (χ4v) is 4.73. The predicted molar refractivity (Wildman–Crippen MR) is 113 cm³/mol. The van der Waals surface area contributed by atoms with E-state index in [0.29, 0.717) is 22.9 Å². The highest BCUT2D eigenvalue weighted by atomic mass is 16.2. The molecule has 3 amide bonds.